The summed E-state index contributed by atoms with van der Waals surface area (Å²) < 4.78 is 5.12. The Kier molecular flexibility index (Phi) is 3.03. The number of amides is 3. The van der Waals surface area contributed by atoms with Gasteiger partial charge >= 0.3 is 12.1 Å². The summed E-state index contributed by atoms with van der Waals surface area (Å²) in [6, 6.07) is -0.469. The van der Waals surface area contributed by atoms with Crippen LogP contribution < -0.4 is 11.1 Å². The first kappa shape index (κ1) is 12.6. The van der Waals surface area contributed by atoms with Crippen LogP contribution in [0.3, 0.4) is 0 Å². The number of likely N-dealkylation sites (tertiary alicyclic amines) is 1. The number of ether oxygens (including phenoxy) is 1. The molecule has 0 aliphatic carbocycles. The minimum absolute atomic E-state index is 0.418. The number of primary amides is 1. The van der Waals surface area contributed by atoms with Gasteiger partial charge in [-0.25, -0.2) is 9.59 Å². The molecule has 0 unspecified atom stereocenters. The third kappa shape index (κ3) is 3.29. The van der Waals surface area contributed by atoms with Crippen molar-refractivity contribution in [3.05, 3.63) is 0 Å². The van der Waals surface area contributed by atoms with Gasteiger partial charge in [0.15, 0.2) is 0 Å². The lowest BCUT2D eigenvalue weighted by atomic mass is 9.93. The van der Waals surface area contributed by atoms with Gasteiger partial charge in [0.25, 0.3) is 0 Å². The summed E-state index contributed by atoms with van der Waals surface area (Å²) in [6.45, 7) is 8.07. The largest absolute Gasteiger partial charge is 0.444 e. The van der Waals surface area contributed by atoms with Crippen LogP contribution in [0.2, 0.25) is 0 Å². The van der Waals surface area contributed by atoms with Gasteiger partial charge in [0, 0.05) is 13.1 Å². The van der Waals surface area contributed by atoms with Crippen molar-refractivity contribution in [3.8, 4) is 0 Å². The van der Waals surface area contributed by atoms with Gasteiger partial charge in [0.1, 0.15) is 5.60 Å². The van der Waals surface area contributed by atoms with Crippen molar-refractivity contribution in [2.45, 2.75) is 38.8 Å². The Morgan fingerprint density at radius 3 is 2.25 bits per heavy atom. The summed E-state index contributed by atoms with van der Waals surface area (Å²) in [5.41, 5.74) is 4.14. The third-order valence-electron chi connectivity index (χ3n) is 2.19. The minimum atomic E-state index is -0.520. The molecule has 1 saturated heterocycles. The molecule has 0 radical (unpaired) electrons. The van der Waals surface area contributed by atoms with Crippen LogP contribution in [0.15, 0.2) is 0 Å². The molecule has 6 nitrogen and oxygen atoms in total. The second-order valence-corrected chi connectivity index (χ2v) is 5.38. The molecule has 16 heavy (non-hydrogen) atoms. The fourth-order valence-electron chi connectivity index (χ4n) is 1.58. The van der Waals surface area contributed by atoms with Crippen LogP contribution in [-0.4, -0.2) is 41.3 Å². The molecule has 92 valence electrons. The summed E-state index contributed by atoms with van der Waals surface area (Å²) in [7, 11) is 0. The molecule has 0 spiro atoms. The van der Waals surface area contributed by atoms with Gasteiger partial charge in [-0.1, -0.05) is 0 Å². The van der Waals surface area contributed by atoms with Crippen molar-refractivity contribution in [1.82, 2.24) is 10.2 Å². The summed E-state index contributed by atoms with van der Waals surface area (Å²) in [4.78, 5) is 23.7. The normalized spacial score (nSPS) is 18.6. The predicted octanol–water partition coefficient (Wildman–Crippen LogP) is 0.664. The first-order chi connectivity index (χ1) is 7.11. The highest BCUT2D eigenvalue weighted by atomic mass is 16.6. The number of carbonyl (C=O) groups is 2. The highest BCUT2D eigenvalue weighted by molar-refractivity contribution is 5.75. The van der Waals surface area contributed by atoms with Crippen LogP contribution in [0.25, 0.3) is 0 Å². The molecule has 3 N–H and O–H groups in total. The highest BCUT2D eigenvalue weighted by Gasteiger charge is 2.42. The van der Waals surface area contributed by atoms with Crippen molar-refractivity contribution in [2.75, 3.05) is 13.1 Å². The number of carbonyl (C=O) groups excluding carboxylic acids is 2. The lowest BCUT2D eigenvalue weighted by molar-refractivity contribution is 0.0288. The molecule has 0 atom stereocenters. The van der Waals surface area contributed by atoms with Gasteiger partial charge in [-0.15, -0.1) is 0 Å². The van der Waals surface area contributed by atoms with Gasteiger partial charge in [-0.3, -0.25) is 0 Å². The predicted molar refractivity (Wildman–Crippen MR) is 58.9 cm³/mol. The molecule has 0 aromatic rings. The molecule has 3 amide bonds. The molecule has 1 fully saturated rings. The average Bonchev–Trinajstić information content (AvgIpc) is 1.94. The van der Waals surface area contributed by atoms with Crippen LogP contribution in [-0.2, 0) is 4.74 Å². The summed E-state index contributed by atoms with van der Waals surface area (Å²) in [5, 5.41) is 2.72. The van der Waals surface area contributed by atoms with Crippen molar-refractivity contribution in [2.24, 2.45) is 5.73 Å². The molecule has 1 rings (SSSR count). The molecule has 1 aliphatic rings. The number of nitrogens with zero attached hydrogens (tertiary/aromatic N) is 1. The second kappa shape index (κ2) is 3.84. The van der Waals surface area contributed by atoms with Crippen molar-refractivity contribution in [1.29, 1.82) is 0 Å². The molecule has 1 aliphatic heterocycles. The van der Waals surface area contributed by atoms with E-state index in [0.29, 0.717) is 13.1 Å². The Labute approximate surface area is 95.1 Å². The van der Waals surface area contributed by atoms with Crippen LogP contribution >= 0.6 is 0 Å². The van der Waals surface area contributed by atoms with Gasteiger partial charge < -0.3 is 20.7 Å². The number of alkyl carbamates (subject to hydrolysis) is 1. The first-order valence-electron chi connectivity index (χ1n) is 5.17. The average molecular weight is 229 g/mol. The third-order valence-corrected chi connectivity index (χ3v) is 2.19. The van der Waals surface area contributed by atoms with Crippen LogP contribution in [0, 0.1) is 0 Å². The number of hydrogen-bond acceptors (Lipinski definition) is 3. The molecule has 1 heterocycles. The van der Waals surface area contributed by atoms with Crippen molar-refractivity contribution in [3.63, 3.8) is 0 Å². The Balaban J connectivity index is 2.39. The standard InChI is InChI=1S/C10H19N3O3/c1-9(2,3)16-8(15)12-10(4)5-13(6-10)7(11)14/h5-6H2,1-4H3,(H2,11,14)(H,12,15). The monoisotopic (exact) mass is 229 g/mol. The molecule has 0 aromatic heterocycles. The summed E-state index contributed by atoms with van der Waals surface area (Å²) >= 11 is 0. The maximum atomic E-state index is 11.5. The van der Waals surface area contributed by atoms with Crippen molar-refractivity contribution < 1.29 is 14.3 Å². The van der Waals surface area contributed by atoms with Gasteiger partial charge in [0.05, 0.1) is 5.54 Å². The Bertz CT molecular complexity index is 303. The number of nitrogens with two attached hydrogens (primary N) is 1. The molecular weight excluding hydrogens is 210 g/mol. The smallest absolute Gasteiger partial charge is 0.408 e. The Morgan fingerprint density at radius 2 is 1.88 bits per heavy atom. The molecular formula is C10H19N3O3. The van der Waals surface area contributed by atoms with E-state index in [1.165, 1.54) is 4.90 Å². The zero-order valence-electron chi connectivity index (χ0n) is 10.2. The van der Waals surface area contributed by atoms with Crippen molar-refractivity contribution >= 4 is 12.1 Å². The Morgan fingerprint density at radius 1 is 1.38 bits per heavy atom. The first-order valence-corrected chi connectivity index (χ1v) is 5.17. The fourth-order valence-corrected chi connectivity index (χ4v) is 1.58. The molecule has 0 saturated carbocycles. The number of nitrogens with one attached hydrogen (secondary N) is 1. The Hall–Kier alpha value is -1.46. The zero-order valence-corrected chi connectivity index (χ0v) is 10.2. The number of hydrogen-bond donors (Lipinski definition) is 2. The fraction of sp³-hybridized carbons (Fsp3) is 0.800. The molecule has 6 heteroatoms. The second-order valence-electron chi connectivity index (χ2n) is 5.38. The SMILES string of the molecule is CC1(NC(=O)OC(C)(C)C)CN(C(N)=O)C1. The van der Waals surface area contributed by atoms with E-state index in [9.17, 15) is 9.59 Å². The van der Waals surface area contributed by atoms with E-state index >= 15 is 0 Å². The van der Waals surface area contributed by atoms with E-state index in [1.807, 2.05) is 6.92 Å². The molecule has 0 bridgehead atoms. The van der Waals surface area contributed by atoms with Crippen LogP contribution in [0.4, 0.5) is 9.59 Å². The topological polar surface area (TPSA) is 84.7 Å². The van der Waals surface area contributed by atoms with E-state index in [2.05, 4.69) is 5.32 Å². The lowest BCUT2D eigenvalue weighted by Gasteiger charge is -2.47. The van der Waals surface area contributed by atoms with Gasteiger partial charge in [-0.2, -0.15) is 0 Å². The highest BCUT2D eigenvalue weighted by Crippen LogP contribution is 2.20. The van der Waals surface area contributed by atoms with E-state index < -0.39 is 23.3 Å². The zero-order chi connectivity index (χ0) is 12.6. The van der Waals surface area contributed by atoms with Crippen LogP contribution in [0.5, 0.6) is 0 Å². The number of rotatable bonds is 1. The van der Waals surface area contributed by atoms with E-state index in [0.717, 1.165) is 0 Å². The van der Waals surface area contributed by atoms with E-state index in [4.69, 9.17) is 10.5 Å². The van der Waals surface area contributed by atoms with E-state index in [1.54, 1.807) is 20.8 Å². The lowest BCUT2D eigenvalue weighted by Crippen LogP contribution is -2.70. The molecule has 0 aromatic carbocycles. The summed E-state index contributed by atoms with van der Waals surface area (Å²) in [5.74, 6) is 0. The maximum Gasteiger partial charge on any atom is 0.408 e. The summed E-state index contributed by atoms with van der Waals surface area (Å²) in [6.07, 6.45) is -0.473. The van der Waals surface area contributed by atoms with Crippen LogP contribution in [0.1, 0.15) is 27.7 Å². The van der Waals surface area contributed by atoms with E-state index in [-0.39, 0.29) is 0 Å². The minimum Gasteiger partial charge on any atom is -0.444 e. The number of urea groups is 1. The van der Waals surface area contributed by atoms with Gasteiger partial charge in [-0.05, 0) is 27.7 Å². The quantitative estimate of drug-likeness (QED) is 0.692. The maximum absolute atomic E-state index is 11.5. The van der Waals surface area contributed by atoms with Gasteiger partial charge in [0.2, 0.25) is 0 Å².